The molecule has 2 aromatic rings. The number of nitrogens with one attached hydrogen (secondary N) is 1. The van der Waals surface area contributed by atoms with Gasteiger partial charge in [0.1, 0.15) is 12.1 Å². The van der Waals surface area contributed by atoms with Crippen molar-refractivity contribution >= 4 is 34.1 Å². The second kappa shape index (κ2) is 6.88. The largest absolute Gasteiger partial charge is 0.355 e. The summed E-state index contributed by atoms with van der Waals surface area (Å²) in [5, 5.41) is 0. The summed E-state index contributed by atoms with van der Waals surface area (Å²) < 4.78 is 29.6. The van der Waals surface area contributed by atoms with Crippen molar-refractivity contribution < 1.29 is 8.42 Å². The van der Waals surface area contributed by atoms with E-state index in [1.54, 1.807) is 33.3 Å². The highest BCUT2D eigenvalue weighted by molar-refractivity contribution is 7.90. The van der Waals surface area contributed by atoms with Gasteiger partial charge in [-0.05, 0) is 51.9 Å². The van der Waals surface area contributed by atoms with Crippen LogP contribution in [0, 0.1) is 5.41 Å². The molecule has 0 radical (unpaired) electrons. The lowest BCUT2D eigenvalue weighted by molar-refractivity contribution is 0.186. The number of thiol groups is 1. The van der Waals surface area contributed by atoms with Gasteiger partial charge in [0.2, 0.25) is 10.0 Å². The van der Waals surface area contributed by atoms with Crippen molar-refractivity contribution in [2.45, 2.75) is 68.6 Å². The molecule has 1 saturated carbocycles. The molecule has 2 fully saturated rings. The van der Waals surface area contributed by atoms with E-state index in [1.165, 1.54) is 0 Å². The Morgan fingerprint density at radius 1 is 1.25 bits per heavy atom. The number of rotatable bonds is 3. The van der Waals surface area contributed by atoms with Crippen LogP contribution in [0.3, 0.4) is 0 Å². The molecule has 0 amide bonds. The van der Waals surface area contributed by atoms with E-state index in [4.69, 9.17) is 4.98 Å². The molecule has 3 heterocycles. The summed E-state index contributed by atoms with van der Waals surface area (Å²) in [6, 6.07) is 0.0354. The Morgan fingerprint density at radius 2 is 1.96 bits per heavy atom. The Hall–Kier alpha value is -1.32. The fourth-order valence-corrected chi connectivity index (χ4v) is 5.84. The molecule has 7 nitrogen and oxygen atoms in total. The van der Waals surface area contributed by atoms with Crippen molar-refractivity contribution in [3.63, 3.8) is 0 Å². The number of nitrogens with zero attached hydrogens (tertiary/aromatic N) is 4. The second-order valence-electron chi connectivity index (χ2n) is 9.14. The number of aromatic nitrogens is 3. The summed E-state index contributed by atoms with van der Waals surface area (Å²) in [6.07, 6.45) is 10.5. The Morgan fingerprint density at radius 3 is 2.61 bits per heavy atom. The maximum absolute atomic E-state index is 12.7. The van der Waals surface area contributed by atoms with Crippen LogP contribution in [0.2, 0.25) is 0 Å². The monoisotopic (exact) mass is 423 g/mol. The van der Waals surface area contributed by atoms with Crippen LogP contribution in [0.1, 0.15) is 52.9 Å². The molecular weight excluding hydrogens is 394 g/mol. The number of piperidine rings is 1. The van der Waals surface area contributed by atoms with E-state index in [2.05, 4.69) is 27.2 Å². The van der Waals surface area contributed by atoms with Crippen LogP contribution in [-0.4, -0.2) is 46.7 Å². The van der Waals surface area contributed by atoms with E-state index in [9.17, 15) is 8.42 Å². The number of fused-ring (bicyclic) bond motifs is 1. The molecule has 28 heavy (non-hydrogen) atoms. The Balaban J connectivity index is 1.49. The average Bonchev–Trinajstić information content (AvgIpc) is 3.20. The van der Waals surface area contributed by atoms with Gasteiger partial charge in [-0.1, -0.05) is 6.42 Å². The quantitative estimate of drug-likeness (QED) is 0.742. The summed E-state index contributed by atoms with van der Waals surface area (Å²) in [5.41, 5.74) is 0.870. The molecule has 1 aliphatic carbocycles. The van der Waals surface area contributed by atoms with Crippen LogP contribution >= 0.6 is 12.6 Å². The van der Waals surface area contributed by atoms with Crippen molar-refractivity contribution in [3.05, 3.63) is 18.7 Å². The third-order valence-corrected chi connectivity index (χ3v) is 8.95. The van der Waals surface area contributed by atoms with Crippen LogP contribution in [0.4, 0.5) is 5.82 Å². The normalized spacial score (nSPS) is 23.0. The lowest BCUT2D eigenvalue weighted by atomic mass is 9.74. The molecule has 2 aromatic heterocycles. The number of hydrogen-bond acceptors (Lipinski definition) is 6. The van der Waals surface area contributed by atoms with E-state index in [0.717, 1.165) is 61.6 Å². The van der Waals surface area contributed by atoms with Crippen LogP contribution in [0.5, 0.6) is 0 Å². The Labute approximate surface area is 172 Å². The molecule has 1 N–H and O–H groups in total. The van der Waals surface area contributed by atoms with Crippen molar-refractivity contribution in [1.82, 2.24) is 19.1 Å². The minimum absolute atomic E-state index is 0.0354. The summed E-state index contributed by atoms with van der Waals surface area (Å²) in [6.45, 7) is 7.04. The van der Waals surface area contributed by atoms with E-state index >= 15 is 0 Å². The number of anilines is 1. The second-order valence-corrected chi connectivity index (χ2v) is 12.1. The van der Waals surface area contributed by atoms with Crippen LogP contribution in [0.25, 0.3) is 5.65 Å². The van der Waals surface area contributed by atoms with Gasteiger partial charge >= 0.3 is 0 Å². The summed E-state index contributed by atoms with van der Waals surface area (Å²) >= 11 is 4.44. The van der Waals surface area contributed by atoms with Crippen molar-refractivity contribution in [2.24, 2.45) is 5.41 Å². The van der Waals surface area contributed by atoms with Crippen molar-refractivity contribution in [2.75, 3.05) is 18.0 Å². The highest BCUT2D eigenvalue weighted by atomic mass is 32.2. The first kappa shape index (κ1) is 20.0. The third kappa shape index (κ3) is 3.41. The number of hydrogen-bond donors (Lipinski definition) is 2. The molecule has 1 atom stereocenters. The first-order chi connectivity index (χ1) is 13.1. The zero-order valence-electron chi connectivity index (χ0n) is 16.7. The van der Waals surface area contributed by atoms with Gasteiger partial charge in [-0.25, -0.2) is 23.1 Å². The van der Waals surface area contributed by atoms with Crippen LogP contribution in [-0.2, 0) is 10.0 Å². The van der Waals surface area contributed by atoms with Crippen molar-refractivity contribution in [1.29, 1.82) is 0 Å². The van der Waals surface area contributed by atoms with E-state index in [0.29, 0.717) is 0 Å². The Kier molecular flexibility index (Phi) is 4.91. The highest BCUT2D eigenvalue weighted by Gasteiger charge is 2.47. The summed E-state index contributed by atoms with van der Waals surface area (Å²) in [4.78, 5) is 11.9. The van der Waals surface area contributed by atoms with Gasteiger partial charge in [0.15, 0.2) is 5.65 Å². The Bertz CT molecular complexity index is 972. The van der Waals surface area contributed by atoms with Gasteiger partial charge in [-0.3, -0.25) is 4.40 Å². The smallest absolute Gasteiger partial charge is 0.216 e. The fourth-order valence-electron chi connectivity index (χ4n) is 4.51. The molecule has 154 valence electrons. The molecule has 0 aromatic carbocycles. The van der Waals surface area contributed by atoms with Gasteiger partial charge < -0.3 is 4.90 Å². The van der Waals surface area contributed by atoms with Crippen molar-refractivity contribution in [3.8, 4) is 0 Å². The third-order valence-electron chi connectivity index (χ3n) is 6.43. The van der Waals surface area contributed by atoms with Gasteiger partial charge in [0.25, 0.3) is 0 Å². The predicted molar refractivity (Wildman–Crippen MR) is 114 cm³/mol. The predicted octanol–water partition coefficient (Wildman–Crippen LogP) is 2.88. The molecule has 0 bridgehead atoms. The van der Waals surface area contributed by atoms with E-state index in [1.807, 2.05) is 10.6 Å². The molecule has 2 aliphatic rings. The molecule has 0 unspecified atom stereocenters. The first-order valence-corrected chi connectivity index (χ1v) is 11.8. The minimum Gasteiger partial charge on any atom is -0.355 e. The molecule has 1 aliphatic heterocycles. The van der Waals surface area contributed by atoms with Gasteiger partial charge in [-0.15, -0.1) is 12.6 Å². The lowest BCUT2D eigenvalue weighted by Gasteiger charge is -2.44. The topological polar surface area (TPSA) is 79.6 Å². The van der Waals surface area contributed by atoms with Gasteiger partial charge in [0, 0.05) is 25.3 Å². The van der Waals surface area contributed by atoms with Gasteiger partial charge in [-0.2, -0.15) is 0 Å². The molecule has 9 heteroatoms. The van der Waals surface area contributed by atoms with E-state index < -0.39 is 14.8 Å². The zero-order valence-corrected chi connectivity index (χ0v) is 18.4. The number of sulfonamides is 1. The lowest BCUT2D eigenvalue weighted by Crippen LogP contribution is -2.53. The highest BCUT2D eigenvalue weighted by Crippen LogP contribution is 2.47. The van der Waals surface area contributed by atoms with Crippen LogP contribution in [0.15, 0.2) is 23.6 Å². The minimum atomic E-state index is -3.34. The molecular formula is C19H29N5O2S2. The zero-order chi connectivity index (χ0) is 20.2. The van der Waals surface area contributed by atoms with Crippen LogP contribution < -0.4 is 9.62 Å². The number of imidazole rings is 1. The molecule has 4 rings (SSSR count). The fraction of sp³-hybridized carbons (Fsp3) is 0.684. The standard InChI is InChI=1S/C19H29N5O2S2/c1-18(2,3)28(25,26)22-15-5-4-6-19(15)7-9-23(10-8-19)16-12-24-13-20-11-14(27)17(24)21-16/h11-13,15,22,27H,4-10H2,1-3H3/t15-/m1/s1. The summed E-state index contributed by atoms with van der Waals surface area (Å²) in [7, 11) is -3.34. The molecule has 1 spiro atoms. The summed E-state index contributed by atoms with van der Waals surface area (Å²) in [5.74, 6) is 0.933. The van der Waals surface area contributed by atoms with E-state index in [-0.39, 0.29) is 11.5 Å². The molecule has 1 saturated heterocycles. The first-order valence-electron chi connectivity index (χ1n) is 9.90. The average molecular weight is 424 g/mol. The van der Waals surface area contributed by atoms with Gasteiger partial charge in [0.05, 0.1) is 15.8 Å². The SMILES string of the molecule is CC(C)(C)S(=O)(=O)N[C@@H]1CCCC12CCN(c1cn3cncc(S)c3n1)CC2. The maximum atomic E-state index is 12.7. The maximum Gasteiger partial charge on any atom is 0.216 e.